The summed E-state index contributed by atoms with van der Waals surface area (Å²) in [6, 6.07) is 16.8. The molecule has 69 heavy (non-hydrogen) atoms. The van der Waals surface area contributed by atoms with Crippen LogP contribution in [-0.4, -0.2) is 61.1 Å². The Labute approximate surface area is 399 Å². The lowest BCUT2D eigenvalue weighted by Gasteiger charge is -2.41. The van der Waals surface area contributed by atoms with Gasteiger partial charge in [0.1, 0.15) is 0 Å². The molecule has 11 aliphatic rings. The zero-order valence-electron chi connectivity index (χ0n) is 39.0. The molecule has 1 saturated heterocycles. The standard InChI is InChI=1S/C64H51N3O2/c68-40(69-30-7-2-1-6-26-66-28-10-29-67-27-9-25-65-61(66)67)13-8-22-62(31-11-4-3-5-12-31)63-23-20-38-36-18-16-34-32-14-15-33-35-17-19-37-39-21-24-64(62,63)60-48(39)52-46(37)44(35)50-42(33)41(32)49-43(34)45(36)51-47(38)59(63)58(60)57-55(51)53(49)54(50)56(52)57/h3-5,11-12,16-21,23-24,32-34,43H,1-2,6-10,13-15,22,25-30H2. The van der Waals surface area contributed by atoms with Gasteiger partial charge < -0.3 is 14.5 Å². The first kappa shape index (κ1) is 35.8. The Morgan fingerprint density at radius 1 is 0.652 bits per heavy atom. The van der Waals surface area contributed by atoms with Crippen LogP contribution in [-0.2, 0) is 25.8 Å². The van der Waals surface area contributed by atoms with Crippen molar-refractivity contribution in [2.24, 2.45) is 10.9 Å². The largest absolute Gasteiger partial charge is 0.466 e. The third-order valence-corrected chi connectivity index (χ3v) is 21.8. The number of ether oxygens (including phenoxy) is 1. The molecule has 0 bridgehead atoms. The van der Waals surface area contributed by atoms with Crippen molar-refractivity contribution in [2.45, 2.75) is 105 Å². The van der Waals surface area contributed by atoms with Crippen molar-refractivity contribution in [3.8, 4) is 0 Å². The number of esters is 1. The summed E-state index contributed by atoms with van der Waals surface area (Å²) < 4.78 is 6.07. The zero-order valence-corrected chi connectivity index (χ0v) is 39.0. The minimum absolute atomic E-state index is 0.0303. The minimum atomic E-state index is -0.254. The van der Waals surface area contributed by atoms with Gasteiger partial charge in [-0.05, 0) is 206 Å². The number of nitrogens with zero attached hydrogens (tertiary/aromatic N) is 3. The highest BCUT2D eigenvalue weighted by Gasteiger charge is 2.89. The molecule has 0 amide bonds. The second-order valence-electron chi connectivity index (χ2n) is 23.8. The zero-order chi connectivity index (χ0) is 44.2. The molecule has 0 N–H and O–H groups in total. The summed E-state index contributed by atoms with van der Waals surface area (Å²) in [6.45, 7) is 6.03. The fraction of sp³-hybridized carbons (Fsp3) is 0.375. The molecule has 2 heterocycles. The Balaban J connectivity index is 0.728. The molecule has 7 atom stereocenters. The molecule has 2 aliphatic heterocycles. The van der Waals surface area contributed by atoms with E-state index in [4.69, 9.17) is 9.73 Å². The number of carbonyl (C=O) groups is 1. The second kappa shape index (κ2) is 11.2. The maximum Gasteiger partial charge on any atom is 0.305 e. The number of hydrogen-bond donors (Lipinski definition) is 0. The molecule has 7 unspecified atom stereocenters. The predicted molar refractivity (Wildman–Crippen MR) is 279 cm³/mol. The SMILES string of the molecule is O=C(CCCC1(c2ccccc2)C23C=Cc4c5c6c7c4c2c2c4c8c(c9ccc%10c%11c%12c%13c%14c(c%15c7c2c(c%12%15)c8c9%11)C6C(C=C5)C%14CCC%10%13)C=CC431)OCCCCCCN1CCCN2CCCN=C12. The minimum Gasteiger partial charge on any atom is -0.466 e. The lowest BCUT2D eigenvalue weighted by molar-refractivity contribution is -0.143. The highest BCUT2D eigenvalue weighted by atomic mass is 16.5. The third-order valence-electron chi connectivity index (χ3n) is 21.8. The monoisotopic (exact) mass is 893 g/mol. The highest BCUT2D eigenvalue weighted by Crippen LogP contribution is 2.90. The van der Waals surface area contributed by atoms with Crippen LogP contribution in [0.3, 0.4) is 0 Å². The number of aliphatic imine (C=N–C) groups is 1. The Kier molecular flexibility index (Phi) is 5.82. The summed E-state index contributed by atoms with van der Waals surface area (Å²) >= 11 is 0. The second-order valence-corrected chi connectivity index (χ2v) is 23.8. The molecule has 9 aliphatic carbocycles. The summed E-state index contributed by atoms with van der Waals surface area (Å²) in [5, 5.41) is 22.5. The fourth-order valence-electron chi connectivity index (χ4n) is 20.1. The summed E-state index contributed by atoms with van der Waals surface area (Å²) in [6.07, 6.45) is 27.6. The average molecular weight is 894 g/mol. The van der Waals surface area contributed by atoms with Gasteiger partial charge in [0.25, 0.3) is 0 Å². The topological polar surface area (TPSA) is 45.1 Å². The van der Waals surface area contributed by atoms with Gasteiger partial charge in [-0.2, -0.15) is 0 Å². The maximum absolute atomic E-state index is 13.8. The van der Waals surface area contributed by atoms with Gasteiger partial charge in [0.15, 0.2) is 5.96 Å². The third kappa shape index (κ3) is 3.33. The van der Waals surface area contributed by atoms with Gasteiger partial charge in [-0.1, -0.05) is 85.3 Å². The van der Waals surface area contributed by atoms with E-state index in [0.717, 1.165) is 64.8 Å². The van der Waals surface area contributed by atoms with Crippen molar-refractivity contribution in [2.75, 3.05) is 39.3 Å². The van der Waals surface area contributed by atoms with Gasteiger partial charge in [-0.3, -0.25) is 9.79 Å². The van der Waals surface area contributed by atoms with Crippen LogP contribution < -0.4 is 0 Å². The Morgan fingerprint density at radius 2 is 1.42 bits per heavy atom. The molecule has 0 radical (unpaired) electrons. The van der Waals surface area contributed by atoms with Crippen LogP contribution in [0.15, 0.2) is 65.7 Å². The van der Waals surface area contributed by atoms with Crippen LogP contribution in [0.4, 0.5) is 0 Å². The van der Waals surface area contributed by atoms with Crippen LogP contribution in [0.1, 0.15) is 150 Å². The molecule has 2 spiro atoms. The molecule has 2 fully saturated rings. The van der Waals surface area contributed by atoms with Crippen LogP contribution in [0.5, 0.6) is 0 Å². The smallest absolute Gasteiger partial charge is 0.305 e. The van der Waals surface area contributed by atoms with Crippen LogP contribution >= 0.6 is 0 Å². The van der Waals surface area contributed by atoms with Crippen molar-refractivity contribution in [3.63, 3.8) is 0 Å². The molecule has 9 aromatic carbocycles. The molecule has 1 saturated carbocycles. The van der Waals surface area contributed by atoms with E-state index in [1.807, 2.05) is 0 Å². The van der Waals surface area contributed by atoms with Crippen LogP contribution in [0.25, 0.3) is 93.6 Å². The number of hydrogen-bond acceptors (Lipinski definition) is 5. The Morgan fingerprint density at radius 3 is 2.32 bits per heavy atom. The van der Waals surface area contributed by atoms with Gasteiger partial charge in [0, 0.05) is 67.2 Å². The first-order chi connectivity index (χ1) is 34.2. The van der Waals surface area contributed by atoms with E-state index in [-0.39, 0.29) is 22.2 Å². The van der Waals surface area contributed by atoms with Crippen molar-refractivity contribution in [1.29, 1.82) is 0 Å². The van der Waals surface area contributed by atoms with Gasteiger partial charge >= 0.3 is 5.97 Å². The van der Waals surface area contributed by atoms with Crippen LogP contribution in [0, 0.1) is 5.92 Å². The van der Waals surface area contributed by atoms with Crippen molar-refractivity contribution < 1.29 is 9.53 Å². The van der Waals surface area contributed by atoms with E-state index in [0.29, 0.717) is 36.7 Å². The Hall–Kier alpha value is -6.20. The number of benzene rings is 6. The number of rotatable bonds is 12. The van der Waals surface area contributed by atoms with Gasteiger partial charge in [0.2, 0.25) is 0 Å². The molecule has 20 rings (SSSR count). The molecule has 9 aromatic rings. The normalized spacial score (nSPS) is 29.9. The number of fused-ring (bicyclic) bond motifs is 5. The molecule has 5 heteroatoms. The summed E-state index contributed by atoms with van der Waals surface area (Å²) in [5.74, 6) is 3.36. The molecular weight excluding hydrogens is 843 g/mol. The number of allylic oxidation sites excluding steroid dienone is 3. The van der Waals surface area contributed by atoms with E-state index in [1.165, 1.54) is 65.7 Å². The first-order valence-electron chi connectivity index (χ1n) is 27.2. The van der Waals surface area contributed by atoms with Gasteiger partial charge in [0.05, 0.1) is 6.61 Å². The summed E-state index contributed by atoms with van der Waals surface area (Å²) in [4.78, 5) is 23.7. The number of unbranched alkanes of at least 4 members (excludes halogenated alkanes) is 3. The Bertz CT molecular complexity index is 4120. The van der Waals surface area contributed by atoms with Gasteiger partial charge in [-0.25, -0.2) is 0 Å². The van der Waals surface area contributed by atoms with E-state index < -0.39 is 0 Å². The number of carbonyl (C=O) groups excluding carboxylic acids is 1. The first-order valence-corrected chi connectivity index (χ1v) is 27.2. The molecule has 334 valence electrons. The van der Waals surface area contributed by atoms with Crippen molar-refractivity contribution in [1.82, 2.24) is 9.80 Å². The summed E-state index contributed by atoms with van der Waals surface area (Å²) in [7, 11) is 0. The highest BCUT2D eigenvalue weighted by molar-refractivity contribution is 6.56. The molecule has 0 aromatic heterocycles. The molecule has 5 nitrogen and oxygen atoms in total. The predicted octanol–water partition coefficient (Wildman–Crippen LogP) is 13.5. The van der Waals surface area contributed by atoms with E-state index >= 15 is 0 Å². The summed E-state index contributed by atoms with van der Waals surface area (Å²) in [5.41, 5.74) is 17.0. The molecular formula is C64H51N3O2. The van der Waals surface area contributed by atoms with Crippen molar-refractivity contribution >= 4 is 106 Å². The lowest BCUT2D eigenvalue weighted by Crippen LogP contribution is -2.52. The van der Waals surface area contributed by atoms with E-state index in [1.54, 1.807) is 109 Å². The fourth-order valence-corrected chi connectivity index (χ4v) is 20.1. The van der Waals surface area contributed by atoms with E-state index in [2.05, 4.69) is 88.7 Å². The lowest BCUT2D eigenvalue weighted by atomic mass is 9.70. The number of guanidine groups is 1. The van der Waals surface area contributed by atoms with Crippen LogP contribution in [0.2, 0.25) is 0 Å². The van der Waals surface area contributed by atoms with Crippen molar-refractivity contribution in [3.05, 3.63) is 122 Å². The maximum atomic E-state index is 13.8. The van der Waals surface area contributed by atoms with Gasteiger partial charge in [-0.15, -0.1) is 0 Å². The average Bonchev–Trinajstić information content (AvgIpc) is 4.11. The van der Waals surface area contributed by atoms with E-state index in [9.17, 15) is 4.79 Å². The quantitative estimate of drug-likeness (QED) is 0.0696.